The van der Waals surface area contributed by atoms with Crippen LogP contribution < -0.4 is 10.2 Å². The summed E-state index contributed by atoms with van der Waals surface area (Å²) in [5.41, 5.74) is 3.45. The Kier molecular flexibility index (Phi) is 6.08. The molecule has 2 aromatic carbocycles. The van der Waals surface area contributed by atoms with Crippen LogP contribution in [0.2, 0.25) is 0 Å². The number of piperidine rings is 1. The summed E-state index contributed by atoms with van der Waals surface area (Å²) in [5, 5.41) is 11.6. The predicted molar refractivity (Wildman–Crippen MR) is 120 cm³/mol. The van der Waals surface area contributed by atoms with Crippen LogP contribution in [0.4, 0.5) is 15.9 Å². The van der Waals surface area contributed by atoms with Crippen LogP contribution in [-0.2, 0) is 4.79 Å². The molecule has 5 nitrogen and oxygen atoms in total. The predicted octanol–water partition coefficient (Wildman–Crippen LogP) is 5.21. The standard InChI is InChI=1S/C23H22BrFN4O/c1-15-14-19(6-7-20(15)24)26-23(30)17-10-12-29(13-11-17)22-9-8-21(27-28-22)16-2-4-18(25)5-3-16/h2-9,14,17H,10-13H2,1H3,(H,26,30). The van der Waals surface area contributed by atoms with Crippen LogP contribution in [0.15, 0.2) is 59.1 Å². The number of carbonyl (C=O) groups excluding carboxylic acids is 1. The molecule has 1 aromatic heterocycles. The highest BCUT2D eigenvalue weighted by atomic mass is 79.9. The molecule has 1 aliphatic heterocycles. The van der Waals surface area contributed by atoms with Crippen LogP contribution in [0, 0.1) is 18.7 Å². The van der Waals surface area contributed by atoms with Gasteiger partial charge in [-0.1, -0.05) is 15.9 Å². The SMILES string of the molecule is Cc1cc(NC(=O)C2CCN(c3ccc(-c4ccc(F)cc4)nn3)CC2)ccc1Br. The number of amides is 1. The Morgan fingerprint density at radius 1 is 1.07 bits per heavy atom. The molecule has 1 saturated heterocycles. The van der Waals surface area contributed by atoms with Gasteiger partial charge in [0.15, 0.2) is 5.82 Å². The number of nitrogens with one attached hydrogen (secondary N) is 1. The minimum atomic E-state index is -0.273. The number of hydrogen-bond donors (Lipinski definition) is 1. The van der Waals surface area contributed by atoms with Gasteiger partial charge in [-0.15, -0.1) is 10.2 Å². The number of hydrogen-bond acceptors (Lipinski definition) is 4. The van der Waals surface area contributed by atoms with Crippen LogP contribution in [0.25, 0.3) is 11.3 Å². The topological polar surface area (TPSA) is 58.1 Å². The van der Waals surface area contributed by atoms with Crippen LogP contribution in [0.1, 0.15) is 18.4 Å². The second-order valence-corrected chi connectivity index (χ2v) is 8.35. The second-order valence-electron chi connectivity index (χ2n) is 7.50. The normalized spacial score (nSPS) is 14.6. The molecule has 154 valence electrons. The molecule has 7 heteroatoms. The van der Waals surface area contributed by atoms with Crippen molar-refractivity contribution >= 4 is 33.3 Å². The summed E-state index contributed by atoms with van der Waals surface area (Å²) in [4.78, 5) is 14.8. The van der Waals surface area contributed by atoms with Crippen molar-refractivity contribution in [2.45, 2.75) is 19.8 Å². The fourth-order valence-electron chi connectivity index (χ4n) is 3.61. The van der Waals surface area contributed by atoms with Crippen molar-refractivity contribution in [3.63, 3.8) is 0 Å². The van der Waals surface area contributed by atoms with Crippen molar-refractivity contribution in [2.75, 3.05) is 23.3 Å². The largest absolute Gasteiger partial charge is 0.355 e. The zero-order valence-corrected chi connectivity index (χ0v) is 18.2. The molecule has 1 aliphatic rings. The lowest BCUT2D eigenvalue weighted by molar-refractivity contribution is -0.120. The molecular formula is C23H22BrFN4O. The van der Waals surface area contributed by atoms with Gasteiger partial charge in [-0.05, 0) is 79.9 Å². The van der Waals surface area contributed by atoms with E-state index < -0.39 is 0 Å². The summed E-state index contributed by atoms with van der Waals surface area (Å²) in [5.74, 6) is 0.569. The van der Waals surface area contributed by atoms with E-state index in [1.807, 2.05) is 37.3 Å². The number of halogens is 2. The van der Waals surface area contributed by atoms with E-state index in [0.717, 1.165) is 53.0 Å². The molecule has 30 heavy (non-hydrogen) atoms. The molecule has 0 unspecified atom stereocenters. The second kappa shape index (κ2) is 8.92. The van der Waals surface area contributed by atoms with Crippen molar-refractivity contribution < 1.29 is 9.18 Å². The van der Waals surface area contributed by atoms with E-state index in [1.165, 1.54) is 12.1 Å². The van der Waals surface area contributed by atoms with Gasteiger partial charge in [0.1, 0.15) is 5.82 Å². The van der Waals surface area contributed by atoms with E-state index in [0.29, 0.717) is 5.69 Å². The van der Waals surface area contributed by atoms with E-state index in [-0.39, 0.29) is 17.6 Å². The summed E-state index contributed by atoms with van der Waals surface area (Å²) < 4.78 is 14.1. The van der Waals surface area contributed by atoms with E-state index in [4.69, 9.17) is 0 Å². The maximum Gasteiger partial charge on any atom is 0.227 e. The van der Waals surface area contributed by atoms with Gasteiger partial charge in [0, 0.05) is 34.7 Å². The summed E-state index contributed by atoms with van der Waals surface area (Å²) in [7, 11) is 0. The Bertz CT molecular complexity index is 1030. The van der Waals surface area contributed by atoms with Gasteiger partial charge in [0.05, 0.1) is 5.69 Å². The first-order chi connectivity index (χ1) is 14.5. The van der Waals surface area contributed by atoms with Gasteiger partial charge >= 0.3 is 0 Å². The zero-order chi connectivity index (χ0) is 21.1. The van der Waals surface area contributed by atoms with Gasteiger partial charge in [-0.25, -0.2) is 4.39 Å². The summed E-state index contributed by atoms with van der Waals surface area (Å²) in [6.45, 7) is 3.50. The Morgan fingerprint density at radius 3 is 2.43 bits per heavy atom. The lowest BCUT2D eigenvalue weighted by Gasteiger charge is -2.31. The van der Waals surface area contributed by atoms with Crippen LogP contribution in [0.5, 0.6) is 0 Å². The Morgan fingerprint density at radius 2 is 1.80 bits per heavy atom. The smallest absolute Gasteiger partial charge is 0.227 e. The third kappa shape index (κ3) is 4.67. The maximum atomic E-state index is 13.1. The van der Waals surface area contributed by atoms with Gasteiger partial charge in [0.2, 0.25) is 5.91 Å². The number of aromatic nitrogens is 2. The third-order valence-corrected chi connectivity index (χ3v) is 6.30. The average molecular weight is 469 g/mol. The fourth-order valence-corrected chi connectivity index (χ4v) is 3.85. The lowest BCUT2D eigenvalue weighted by Crippen LogP contribution is -2.38. The van der Waals surface area contributed by atoms with Gasteiger partial charge in [-0.3, -0.25) is 4.79 Å². The fraction of sp³-hybridized carbons (Fsp3) is 0.261. The van der Waals surface area contributed by atoms with Gasteiger partial charge < -0.3 is 10.2 Å². The van der Waals surface area contributed by atoms with Crippen molar-refractivity contribution in [2.24, 2.45) is 5.92 Å². The molecule has 0 radical (unpaired) electrons. The number of carbonyl (C=O) groups is 1. The average Bonchev–Trinajstić information content (AvgIpc) is 2.77. The highest BCUT2D eigenvalue weighted by Gasteiger charge is 2.26. The Labute approximate surface area is 183 Å². The number of benzene rings is 2. The van der Waals surface area contributed by atoms with Crippen molar-refractivity contribution in [1.82, 2.24) is 10.2 Å². The quantitative estimate of drug-likeness (QED) is 0.570. The monoisotopic (exact) mass is 468 g/mol. The molecule has 3 aromatic rings. The molecule has 0 saturated carbocycles. The van der Waals surface area contributed by atoms with E-state index >= 15 is 0 Å². The van der Waals surface area contributed by atoms with E-state index in [9.17, 15) is 9.18 Å². The summed E-state index contributed by atoms with van der Waals surface area (Å²) in [6.07, 6.45) is 1.53. The highest BCUT2D eigenvalue weighted by Crippen LogP contribution is 2.25. The zero-order valence-electron chi connectivity index (χ0n) is 16.6. The first kappa shape index (κ1) is 20.5. The highest BCUT2D eigenvalue weighted by molar-refractivity contribution is 9.10. The number of aryl methyl sites for hydroxylation is 1. The number of nitrogens with zero attached hydrogens (tertiary/aromatic N) is 3. The molecule has 0 spiro atoms. The molecule has 1 fully saturated rings. The first-order valence-corrected chi connectivity index (χ1v) is 10.7. The first-order valence-electron chi connectivity index (χ1n) is 9.91. The van der Waals surface area contributed by atoms with E-state index in [1.54, 1.807) is 12.1 Å². The Hall–Kier alpha value is -2.80. The maximum absolute atomic E-state index is 13.1. The third-order valence-electron chi connectivity index (χ3n) is 5.41. The van der Waals surface area contributed by atoms with Crippen LogP contribution >= 0.6 is 15.9 Å². The lowest BCUT2D eigenvalue weighted by atomic mass is 9.95. The van der Waals surface area contributed by atoms with Crippen LogP contribution in [0.3, 0.4) is 0 Å². The summed E-state index contributed by atoms with van der Waals surface area (Å²) >= 11 is 3.48. The van der Waals surface area contributed by atoms with Crippen LogP contribution in [-0.4, -0.2) is 29.2 Å². The molecule has 0 atom stereocenters. The molecular weight excluding hydrogens is 447 g/mol. The minimum Gasteiger partial charge on any atom is -0.355 e. The summed E-state index contributed by atoms with van der Waals surface area (Å²) in [6, 6.07) is 15.8. The Balaban J connectivity index is 1.34. The molecule has 0 bridgehead atoms. The molecule has 1 N–H and O–H groups in total. The number of rotatable bonds is 4. The van der Waals surface area contributed by atoms with Crippen molar-refractivity contribution in [3.05, 3.63) is 70.5 Å². The molecule has 4 rings (SSSR count). The minimum absolute atomic E-state index is 0.0170. The van der Waals surface area contributed by atoms with Crippen molar-refractivity contribution in [3.8, 4) is 11.3 Å². The number of anilines is 2. The van der Waals surface area contributed by atoms with Crippen molar-refractivity contribution in [1.29, 1.82) is 0 Å². The molecule has 0 aliphatic carbocycles. The van der Waals surface area contributed by atoms with E-state index in [2.05, 4.69) is 36.3 Å². The molecule has 2 heterocycles. The van der Waals surface area contributed by atoms with Gasteiger partial charge in [0.25, 0.3) is 0 Å². The van der Waals surface area contributed by atoms with Gasteiger partial charge in [-0.2, -0.15) is 0 Å². The molecule has 1 amide bonds.